The van der Waals surface area contributed by atoms with Crippen LogP contribution in [0.1, 0.15) is 25.3 Å². The number of aromatic nitrogens is 5. The van der Waals surface area contributed by atoms with Gasteiger partial charge in [0.15, 0.2) is 5.82 Å². The van der Waals surface area contributed by atoms with Gasteiger partial charge in [-0.15, -0.1) is 0 Å². The Kier molecular flexibility index (Phi) is 6.38. The van der Waals surface area contributed by atoms with Crippen molar-refractivity contribution in [3.8, 4) is 0 Å². The topological polar surface area (TPSA) is 92.0 Å². The highest BCUT2D eigenvalue weighted by atomic mass is 19.1. The van der Waals surface area contributed by atoms with E-state index < -0.39 is 29.1 Å². The number of hydrogen-bond donors (Lipinski definition) is 2. The van der Waals surface area contributed by atoms with Crippen LogP contribution in [0.3, 0.4) is 0 Å². The van der Waals surface area contributed by atoms with Gasteiger partial charge in [0.2, 0.25) is 5.95 Å². The number of nitrogens with one attached hydrogen (secondary N) is 1. The van der Waals surface area contributed by atoms with Gasteiger partial charge in [-0.3, -0.25) is 0 Å². The molecule has 8 nitrogen and oxygen atoms in total. The molecule has 0 radical (unpaired) electrons. The molecule has 2 atom stereocenters. The van der Waals surface area contributed by atoms with Gasteiger partial charge in [-0.05, 0) is 25.8 Å². The molecule has 0 spiro atoms. The fraction of sp³-hybridized carbons (Fsp3) is 0.429. The third kappa shape index (κ3) is 4.73. The van der Waals surface area contributed by atoms with Crippen molar-refractivity contribution in [3.05, 3.63) is 66.3 Å². The Morgan fingerprint density at radius 2 is 1.88 bits per heavy atom. The van der Waals surface area contributed by atoms with Crippen LogP contribution in [0.4, 0.5) is 19.1 Å². The van der Waals surface area contributed by atoms with Gasteiger partial charge in [0.05, 0.1) is 18.9 Å². The Morgan fingerprint density at radius 1 is 1.16 bits per heavy atom. The van der Waals surface area contributed by atoms with Gasteiger partial charge in [0.25, 0.3) is 0 Å². The Labute approximate surface area is 183 Å². The highest BCUT2D eigenvalue weighted by Crippen LogP contribution is 2.31. The summed E-state index contributed by atoms with van der Waals surface area (Å²) in [6.07, 6.45) is 6.46. The monoisotopic (exact) mass is 447 g/mol. The minimum atomic E-state index is -1.71. The quantitative estimate of drug-likeness (QED) is 0.573. The first-order chi connectivity index (χ1) is 15.3. The first-order valence-corrected chi connectivity index (χ1v) is 10.3. The molecule has 2 N–H and O–H groups in total. The molecule has 0 aliphatic carbocycles. The van der Waals surface area contributed by atoms with E-state index in [1.165, 1.54) is 23.4 Å². The molecule has 11 heteroatoms. The maximum absolute atomic E-state index is 14.7. The molecule has 1 aromatic carbocycles. The minimum absolute atomic E-state index is 0.0217. The first kappa shape index (κ1) is 22.2. The van der Waals surface area contributed by atoms with Crippen LogP contribution in [0.15, 0.2) is 43.2 Å². The maximum atomic E-state index is 14.7. The summed E-state index contributed by atoms with van der Waals surface area (Å²) < 4.78 is 42.6. The van der Waals surface area contributed by atoms with E-state index in [1.807, 2.05) is 4.90 Å². The molecule has 0 amide bonds. The molecular formula is C21H24F3N7O. The first-order valence-electron chi connectivity index (χ1n) is 10.3. The lowest BCUT2D eigenvalue weighted by Crippen LogP contribution is -2.55. The van der Waals surface area contributed by atoms with Gasteiger partial charge in [0.1, 0.15) is 29.9 Å². The molecule has 3 aromatic rings. The summed E-state index contributed by atoms with van der Waals surface area (Å²) in [5, 5.41) is 19.0. The fourth-order valence-corrected chi connectivity index (χ4v) is 4.06. The summed E-state index contributed by atoms with van der Waals surface area (Å²) >= 11 is 0. The van der Waals surface area contributed by atoms with Crippen LogP contribution in [0.2, 0.25) is 0 Å². The number of rotatable bonds is 7. The number of nitrogens with zero attached hydrogens (tertiary/aromatic N) is 6. The summed E-state index contributed by atoms with van der Waals surface area (Å²) in [6, 6.07) is 2.58. The van der Waals surface area contributed by atoms with Crippen molar-refractivity contribution in [2.45, 2.75) is 44.0 Å². The molecule has 1 saturated heterocycles. The fourth-order valence-electron chi connectivity index (χ4n) is 4.06. The molecule has 1 fully saturated rings. The largest absolute Gasteiger partial charge is 0.381 e. The van der Waals surface area contributed by atoms with Gasteiger partial charge in [-0.2, -0.15) is 5.10 Å². The Balaban J connectivity index is 1.48. The van der Waals surface area contributed by atoms with Crippen LogP contribution < -0.4 is 10.2 Å². The van der Waals surface area contributed by atoms with Gasteiger partial charge in [-0.1, -0.05) is 6.07 Å². The van der Waals surface area contributed by atoms with E-state index in [4.69, 9.17) is 0 Å². The highest BCUT2D eigenvalue weighted by molar-refractivity contribution is 5.30. The predicted octanol–water partition coefficient (Wildman–Crippen LogP) is 2.02. The van der Waals surface area contributed by atoms with Crippen LogP contribution >= 0.6 is 0 Å². The average Bonchev–Trinajstić information content (AvgIpc) is 3.27. The van der Waals surface area contributed by atoms with E-state index in [0.717, 1.165) is 37.4 Å². The van der Waals surface area contributed by atoms with Crippen molar-refractivity contribution in [3.63, 3.8) is 0 Å². The van der Waals surface area contributed by atoms with Crippen molar-refractivity contribution in [1.82, 2.24) is 30.0 Å². The van der Waals surface area contributed by atoms with Crippen molar-refractivity contribution in [2.75, 3.05) is 18.0 Å². The van der Waals surface area contributed by atoms with Crippen molar-refractivity contribution in [1.29, 1.82) is 0 Å². The second-order valence-electron chi connectivity index (χ2n) is 7.99. The summed E-state index contributed by atoms with van der Waals surface area (Å²) in [7, 11) is 0. The lowest BCUT2D eigenvalue weighted by molar-refractivity contribution is -0.0242. The lowest BCUT2D eigenvalue weighted by Gasteiger charge is -2.40. The Bertz CT molecular complexity index is 1030. The number of hydrogen-bond acceptors (Lipinski definition) is 7. The molecule has 0 saturated carbocycles. The third-order valence-corrected chi connectivity index (χ3v) is 5.85. The second-order valence-corrected chi connectivity index (χ2v) is 7.99. The summed E-state index contributed by atoms with van der Waals surface area (Å²) in [5.41, 5.74) is -1.73. The molecule has 0 bridgehead atoms. The van der Waals surface area contributed by atoms with Crippen LogP contribution in [-0.4, -0.2) is 55.0 Å². The van der Waals surface area contributed by atoms with E-state index in [2.05, 4.69) is 25.4 Å². The summed E-state index contributed by atoms with van der Waals surface area (Å²) in [6.45, 7) is 2.98. The highest BCUT2D eigenvalue weighted by Gasteiger charge is 2.40. The standard InChI is InChI=1S/C21H24F3N7O/c1-14(29-17-4-6-30(7-5-17)20-26-9-16(23)10-27-20)21(32,11-31-13-25-12-28-31)18-3-2-15(22)8-19(18)24/h2-3,8-10,12-14,17,29,32H,4-7,11H2,1H3/t14-,21-/m1/s1. The van der Waals surface area contributed by atoms with Crippen LogP contribution in [-0.2, 0) is 12.1 Å². The van der Waals surface area contributed by atoms with E-state index in [9.17, 15) is 18.3 Å². The Morgan fingerprint density at radius 3 is 2.50 bits per heavy atom. The van der Waals surface area contributed by atoms with Crippen LogP contribution in [0.5, 0.6) is 0 Å². The summed E-state index contributed by atoms with van der Waals surface area (Å²) in [4.78, 5) is 13.9. The smallest absolute Gasteiger partial charge is 0.225 e. The molecule has 3 heterocycles. The van der Waals surface area contributed by atoms with Crippen LogP contribution in [0.25, 0.3) is 0 Å². The molecule has 4 rings (SSSR count). The van der Waals surface area contributed by atoms with Gasteiger partial charge in [-0.25, -0.2) is 32.8 Å². The predicted molar refractivity (Wildman–Crippen MR) is 110 cm³/mol. The molecule has 1 aliphatic heterocycles. The van der Waals surface area contributed by atoms with E-state index in [-0.39, 0.29) is 18.2 Å². The van der Waals surface area contributed by atoms with E-state index in [0.29, 0.717) is 19.0 Å². The number of anilines is 1. The number of benzene rings is 1. The van der Waals surface area contributed by atoms with Gasteiger partial charge >= 0.3 is 0 Å². The van der Waals surface area contributed by atoms with Gasteiger partial charge in [0, 0.05) is 36.8 Å². The molecule has 32 heavy (non-hydrogen) atoms. The van der Waals surface area contributed by atoms with Crippen LogP contribution in [0, 0.1) is 17.5 Å². The Hall–Kier alpha value is -3.05. The molecule has 0 unspecified atom stereocenters. The summed E-state index contributed by atoms with van der Waals surface area (Å²) in [5.74, 6) is -1.57. The minimum Gasteiger partial charge on any atom is -0.381 e. The number of aliphatic hydroxyl groups is 1. The molecule has 2 aromatic heterocycles. The maximum Gasteiger partial charge on any atom is 0.225 e. The molecular weight excluding hydrogens is 423 g/mol. The van der Waals surface area contributed by atoms with Crippen molar-refractivity contribution < 1.29 is 18.3 Å². The number of piperidine rings is 1. The lowest BCUT2D eigenvalue weighted by atomic mass is 9.85. The average molecular weight is 447 g/mol. The number of halogens is 3. The zero-order valence-electron chi connectivity index (χ0n) is 17.5. The SMILES string of the molecule is C[C@@H](NC1CCN(c2ncc(F)cn2)CC1)[C@](O)(Cn1cncn1)c1ccc(F)cc1F. The van der Waals surface area contributed by atoms with Crippen molar-refractivity contribution in [2.24, 2.45) is 0 Å². The molecule has 170 valence electrons. The zero-order chi connectivity index (χ0) is 22.7. The molecule has 1 aliphatic rings. The van der Waals surface area contributed by atoms with Gasteiger partial charge < -0.3 is 15.3 Å². The zero-order valence-corrected chi connectivity index (χ0v) is 17.5. The second kappa shape index (κ2) is 9.21. The van der Waals surface area contributed by atoms with E-state index >= 15 is 0 Å². The third-order valence-electron chi connectivity index (χ3n) is 5.85. The van der Waals surface area contributed by atoms with E-state index in [1.54, 1.807) is 6.92 Å². The van der Waals surface area contributed by atoms with Crippen molar-refractivity contribution >= 4 is 5.95 Å². The normalized spacial score (nSPS) is 17.8.